The van der Waals surface area contributed by atoms with E-state index in [1.807, 2.05) is 6.92 Å². The molecule has 23 heavy (non-hydrogen) atoms. The molecule has 1 heterocycles. The summed E-state index contributed by atoms with van der Waals surface area (Å²) >= 11 is 0. The molecule has 0 spiro atoms. The zero-order valence-corrected chi connectivity index (χ0v) is 13.3. The molecule has 1 aromatic carbocycles. The molecule has 3 aliphatic rings. The first-order valence-electron chi connectivity index (χ1n) is 8.52. The fraction of sp³-hybridized carbons (Fsp3) is 0.667. The summed E-state index contributed by atoms with van der Waals surface area (Å²) in [6, 6.07) is 3.71. The summed E-state index contributed by atoms with van der Waals surface area (Å²) in [7, 11) is 0. The molecule has 5 heteroatoms. The maximum Gasteiger partial charge on any atom is 0.573 e. The Morgan fingerprint density at radius 2 is 2.04 bits per heavy atom. The Hall–Kier alpha value is -1.23. The van der Waals surface area contributed by atoms with Crippen LogP contribution in [0.3, 0.4) is 0 Å². The Morgan fingerprint density at radius 3 is 2.83 bits per heavy atom. The number of fused-ring (bicyclic) bond motifs is 1. The summed E-state index contributed by atoms with van der Waals surface area (Å²) in [5, 5.41) is 3.65. The number of nitrogens with one attached hydrogen (secondary N) is 1. The van der Waals surface area contributed by atoms with Crippen LogP contribution in [0.2, 0.25) is 0 Å². The third kappa shape index (κ3) is 2.44. The molecule has 4 rings (SSSR count). The molecule has 2 fully saturated rings. The van der Waals surface area contributed by atoms with Crippen molar-refractivity contribution < 1.29 is 17.9 Å². The lowest BCUT2D eigenvalue weighted by molar-refractivity contribution is -0.274. The zero-order valence-electron chi connectivity index (χ0n) is 13.3. The highest BCUT2D eigenvalue weighted by atomic mass is 19.4. The highest BCUT2D eigenvalue weighted by molar-refractivity contribution is 5.49. The van der Waals surface area contributed by atoms with Gasteiger partial charge in [-0.1, -0.05) is 12.8 Å². The van der Waals surface area contributed by atoms with Crippen LogP contribution in [0.4, 0.5) is 13.2 Å². The lowest BCUT2D eigenvalue weighted by Gasteiger charge is -2.56. The van der Waals surface area contributed by atoms with Gasteiger partial charge >= 0.3 is 6.36 Å². The van der Waals surface area contributed by atoms with Crippen molar-refractivity contribution in [1.29, 1.82) is 0 Å². The minimum Gasteiger partial charge on any atom is -0.406 e. The second-order valence-corrected chi connectivity index (χ2v) is 7.34. The number of aryl methyl sites for hydroxylation is 1. The topological polar surface area (TPSA) is 21.3 Å². The van der Waals surface area contributed by atoms with Gasteiger partial charge in [0.25, 0.3) is 0 Å². The van der Waals surface area contributed by atoms with Crippen LogP contribution in [0.5, 0.6) is 5.75 Å². The van der Waals surface area contributed by atoms with Crippen molar-refractivity contribution >= 4 is 0 Å². The standard InChI is InChI=1S/C18H22F3NO/c1-11-8-12(23-18(19,20)21)9-15-13(11)10-16-14-4-2-3-5-17(14,15)6-7-22-16/h8-9,14,16,22H,2-7,10H2,1H3/t14-,16+,17+/m1/s1. The lowest BCUT2D eigenvalue weighted by Crippen LogP contribution is -2.59. The molecule has 1 saturated carbocycles. The Kier molecular flexibility index (Phi) is 3.42. The average molecular weight is 325 g/mol. The molecular weight excluding hydrogens is 303 g/mol. The average Bonchev–Trinajstić information content (AvgIpc) is 2.47. The predicted octanol–water partition coefficient (Wildman–Crippen LogP) is 4.24. The van der Waals surface area contributed by atoms with Gasteiger partial charge in [0.05, 0.1) is 0 Å². The highest BCUT2D eigenvalue weighted by Gasteiger charge is 2.52. The van der Waals surface area contributed by atoms with Crippen molar-refractivity contribution in [2.45, 2.75) is 63.3 Å². The SMILES string of the molecule is Cc1cc(OC(F)(F)F)cc2c1C[C@@H]1NCC[C@]23CCCC[C@H]13. The van der Waals surface area contributed by atoms with Gasteiger partial charge in [-0.3, -0.25) is 0 Å². The summed E-state index contributed by atoms with van der Waals surface area (Å²) in [4.78, 5) is 0. The monoisotopic (exact) mass is 325 g/mol. The minimum absolute atomic E-state index is 0.0515. The molecule has 0 amide bonds. The Morgan fingerprint density at radius 1 is 1.22 bits per heavy atom. The molecule has 2 aliphatic carbocycles. The van der Waals surface area contributed by atoms with Gasteiger partial charge in [-0.05, 0) is 73.9 Å². The first-order valence-corrected chi connectivity index (χ1v) is 8.52. The van der Waals surface area contributed by atoms with Gasteiger partial charge in [0.15, 0.2) is 0 Å². The summed E-state index contributed by atoms with van der Waals surface area (Å²) in [5.41, 5.74) is 3.37. The van der Waals surface area contributed by atoms with Crippen LogP contribution in [-0.4, -0.2) is 18.9 Å². The fourth-order valence-electron chi connectivity index (χ4n) is 5.38. The largest absolute Gasteiger partial charge is 0.573 e. The van der Waals surface area contributed by atoms with Crippen LogP contribution in [-0.2, 0) is 11.8 Å². The molecule has 0 radical (unpaired) electrons. The van der Waals surface area contributed by atoms with Crippen molar-refractivity contribution in [3.63, 3.8) is 0 Å². The molecule has 1 aromatic rings. The third-order valence-electron chi connectivity index (χ3n) is 6.20. The smallest absolute Gasteiger partial charge is 0.406 e. The van der Waals surface area contributed by atoms with Gasteiger partial charge < -0.3 is 10.1 Å². The molecule has 1 aliphatic heterocycles. The third-order valence-corrected chi connectivity index (χ3v) is 6.20. The number of alkyl halides is 3. The normalized spacial score (nSPS) is 32.9. The van der Waals surface area contributed by atoms with Gasteiger partial charge in [0, 0.05) is 11.5 Å². The molecule has 1 N–H and O–H groups in total. The number of hydrogen-bond acceptors (Lipinski definition) is 2. The molecule has 0 aromatic heterocycles. The molecule has 1 saturated heterocycles. The van der Waals surface area contributed by atoms with Crippen LogP contribution >= 0.6 is 0 Å². The molecule has 126 valence electrons. The van der Waals surface area contributed by atoms with Crippen molar-refractivity contribution in [2.75, 3.05) is 6.54 Å². The lowest BCUT2D eigenvalue weighted by atomic mass is 9.52. The van der Waals surface area contributed by atoms with Gasteiger partial charge in [-0.15, -0.1) is 13.2 Å². The van der Waals surface area contributed by atoms with Gasteiger partial charge in [-0.25, -0.2) is 0 Å². The van der Waals surface area contributed by atoms with E-state index in [0.717, 1.165) is 36.9 Å². The van der Waals surface area contributed by atoms with E-state index >= 15 is 0 Å². The van der Waals surface area contributed by atoms with Crippen molar-refractivity contribution in [1.82, 2.24) is 5.32 Å². The summed E-state index contributed by atoms with van der Waals surface area (Å²) in [6.07, 6.45) is 2.01. The van der Waals surface area contributed by atoms with Crippen LogP contribution in [0.25, 0.3) is 0 Å². The van der Waals surface area contributed by atoms with E-state index in [9.17, 15) is 13.2 Å². The first-order chi connectivity index (χ1) is 10.9. The van der Waals surface area contributed by atoms with Crippen molar-refractivity contribution in [3.05, 3.63) is 28.8 Å². The quantitative estimate of drug-likeness (QED) is 0.834. The Balaban J connectivity index is 1.84. The summed E-state index contributed by atoms with van der Waals surface area (Å²) in [5.74, 6) is 0.502. The summed E-state index contributed by atoms with van der Waals surface area (Å²) < 4.78 is 42.2. The zero-order chi connectivity index (χ0) is 16.2. The molecule has 2 bridgehead atoms. The van der Waals surface area contributed by atoms with Crippen molar-refractivity contribution in [3.8, 4) is 5.75 Å². The molecular formula is C18H22F3NO. The molecule has 0 unspecified atom stereocenters. The van der Waals surface area contributed by atoms with Gasteiger partial charge in [-0.2, -0.15) is 0 Å². The van der Waals surface area contributed by atoms with Gasteiger partial charge in [0.1, 0.15) is 5.75 Å². The predicted molar refractivity (Wildman–Crippen MR) is 81.6 cm³/mol. The second kappa shape index (κ2) is 5.13. The van der Waals surface area contributed by atoms with E-state index in [4.69, 9.17) is 0 Å². The summed E-state index contributed by atoms with van der Waals surface area (Å²) in [6.45, 7) is 2.88. The van der Waals surface area contributed by atoms with Crippen LogP contribution in [0.15, 0.2) is 12.1 Å². The maximum absolute atomic E-state index is 12.7. The Bertz CT molecular complexity index is 623. The number of rotatable bonds is 1. The van der Waals surface area contributed by atoms with Gasteiger partial charge in [0.2, 0.25) is 0 Å². The van der Waals surface area contributed by atoms with E-state index in [2.05, 4.69) is 10.1 Å². The number of hydrogen-bond donors (Lipinski definition) is 1. The van der Waals surface area contributed by atoms with Crippen LogP contribution in [0.1, 0.15) is 48.8 Å². The van der Waals surface area contributed by atoms with E-state index in [1.54, 1.807) is 12.1 Å². The second-order valence-electron chi connectivity index (χ2n) is 7.34. The van der Waals surface area contributed by atoms with Crippen LogP contribution in [0, 0.1) is 12.8 Å². The number of benzene rings is 1. The maximum atomic E-state index is 12.7. The number of halogens is 3. The Labute approximate surface area is 134 Å². The van der Waals surface area contributed by atoms with E-state index in [0.29, 0.717) is 12.0 Å². The van der Waals surface area contributed by atoms with E-state index in [1.165, 1.54) is 24.8 Å². The van der Waals surface area contributed by atoms with E-state index in [-0.39, 0.29) is 11.2 Å². The molecule has 2 nitrogen and oxygen atoms in total. The number of ether oxygens (including phenoxy) is 1. The minimum atomic E-state index is -4.63. The highest BCUT2D eigenvalue weighted by Crippen LogP contribution is 2.55. The van der Waals surface area contributed by atoms with Crippen LogP contribution < -0.4 is 10.1 Å². The van der Waals surface area contributed by atoms with E-state index < -0.39 is 6.36 Å². The number of piperidine rings is 1. The molecule has 3 atom stereocenters. The first kappa shape index (κ1) is 15.3. The fourth-order valence-corrected chi connectivity index (χ4v) is 5.38. The van der Waals surface area contributed by atoms with Crippen molar-refractivity contribution in [2.24, 2.45) is 5.92 Å².